The molecule has 0 amide bonds. The number of aliphatic imine (C=N–C) groups is 1. The van der Waals surface area contributed by atoms with E-state index in [9.17, 15) is 0 Å². The van der Waals surface area contributed by atoms with Crippen molar-refractivity contribution in [3.05, 3.63) is 23.8 Å². The molecule has 0 radical (unpaired) electrons. The van der Waals surface area contributed by atoms with Crippen molar-refractivity contribution in [2.24, 2.45) is 10.1 Å². The minimum atomic E-state index is 0. The Kier molecular flexibility index (Phi) is 6.09. The average Bonchev–Trinajstić information content (AvgIpc) is 2.78. The number of hydrogen-bond donors (Lipinski definition) is 2. The van der Waals surface area contributed by atoms with E-state index in [0.29, 0.717) is 6.79 Å². The molecule has 0 aromatic heterocycles. The average molecular weight is 402 g/mol. The lowest BCUT2D eigenvalue weighted by Gasteiger charge is -2.04. The Labute approximate surface area is 141 Å². The fourth-order valence-electron chi connectivity index (χ4n) is 2.09. The molecule has 2 aliphatic rings. The van der Waals surface area contributed by atoms with Gasteiger partial charge in [-0.25, -0.2) is 5.43 Å². The molecule has 0 bridgehead atoms. The zero-order chi connectivity index (χ0) is 13.6. The molecule has 0 aliphatic carbocycles. The van der Waals surface area contributed by atoms with Gasteiger partial charge in [0.2, 0.25) is 12.8 Å². The summed E-state index contributed by atoms with van der Waals surface area (Å²) in [5.41, 5.74) is 4.07. The van der Waals surface area contributed by atoms with Crippen LogP contribution in [0.3, 0.4) is 0 Å². The molecular formula is C14H19IN4O2. The normalized spacial score (nSPS) is 16.7. The van der Waals surface area contributed by atoms with Crippen LogP contribution < -0.4 is 20.2 Å². The second kappa shape index (κ2) is 8.06. The van der Waals surface area contributed by atoms with Crippen molar-refractivity contribution in [1.29, 1.82) is 0 Å². The molecule has 0 fully saturated rings. The maximum Gasteiger partial charge on any atom is 0.231 e. The van der Waals surface area contributed by atoms with Crippen LogP contribution in [0.25, 0.3) is 0 Å². The molecule has 1 aromatic carbocycles. The summed E-state index contributed by atoms with van der Waals surface area (Å²) in [6, 6.07) is 5.92. The van der Waals surface area contributed by atoms with E-state index in [0.717, 1.165) is 55.4 Å². The van der Waals surface area contributed by atoms with Crippen LogP contribution in [0.5, 0.6) is 11.5 Å². The van der Waals surface area contributed by atoms with Gasteiger partial charge in [0.05, 0.1) is 0 Å². The lowest BCUT2D eigenvalue weighted by atomic mass is 10.1. The summed E-state index contributed by atoms with van der Waals surface area (Å²) < 4.78 is 10.6. The number of nitrogens with zero attached hydrogens (tertiary/aromatic N) is 2. The molecule has 3 rings (SSSR count). The first-order valence-corrected chi connectivity index (χ1v) is 6.86. The molecule has 2 N–H and O–H groups in total. The SMILES string of the molecule is C(/Cc1ccc2c(c1)OCO2)=N\NC1=NCCCCN1.I. The fourth-order valence-corrected chi connectivity index (χ4v) is 2.09. The topological polar surface area (TPSA) is 67.2 Å². The Hall–Kier alpha value is -1.51. The number of rotatable bonds is 3. The van der Waals surface area contributed by atoms with Crippen molar-refractivity contribution in [2.45, 2.75) is 19.3 Å². The highest BCUT2D eigenvalue weighted by Crippen LogP contribution is 2.32. The molecule has 0 atom stereocenters. The van der Waals surface area contributed by atoms with Gasteiger partial charge in [0, 0.05) is 25.7 Å². The van der Waals surface area contributed by atoms with Crippen molar-refractivity contribution < 1.29 is 9.47 Å². The Bertz CT molecular complexity index is 534. The zero-order valence-electron chi connectivity index (χ0n) is 11.7. The highest BCUT2D eigenvalue weighted by molar-refractivity contribution is 14.0. The van der Waals surface area contributed by atoms with E-state index in [4.69, 9.17) is 9.47 Å². The van der Waals surface area contributed by atoms with Crippen LogP contribution in [0.4, 0.5) is 0 Å². The number of nitrogens with one attached hydrogen (secondary N) is 2. The maximum absolute atomic E-state index is 5.34. The van der Waals surface area contributed by atoms with E-state index in [-0.39, 0.29) is 24.0 Å². The molecule has 0 unspecified atom stereocenters. The number of ether oxygens (including phenoxy) is 2. The summed E-state index contributed by atoms with van der Waals surface area (Å²) in [5.74, 6) is 2.36. The molecule has 0 spiro atoms. The monoisotopic (exact) mass is 402 g/mol. The Morgan fingerprint density at radius 2 is 2.19 bits per heavy atom. The summed E-state index contributed by atoms with van der Waals surface area (Å²) >= 11 is 0. The second-order valence-corrected chi connectivity index (χ2v) is 4.68. The highest BCUT2D eigenvalue weighted by Gasteiger charge is 2.12. The molecule has 0 saturated heterocycles. The van der Waals surface area contributed by atoms with Crippen LogP contribution in [-0.2, 0) is 6.42 Å². The van der Waals surface area contributed by atoms with Gasteiger partial charge in [-0.2, -0.15) is 5.10 Å². The van der Waals surface area contributed by atoms with Gasteiger partial charge in [-0.1, -0.05) is 6.07 Å². The molecule has 7 heteroatoms. The molecule has 1 aromatic rings. The molecule has 2 heterocycles. The van der Waals surface area contributed by atoms with E-state index in [2.05, 4.69) is 20.8 Å². The predicted molar refractivity (Wildman–Crippen MR) is 92.9 cm³/mol. The first-order valence-electron chi connectivity index (χ1n) is 6.86. The van der Waals surface area contributed by atoms with Gasteiger partial charge >= 0.3 is 0 Å². The predicted octanol–water partition coefficient (Wildman–Crippen LogP) is 1.89. The smallest absolute Gasteiger partial charge is 0.231 e. The number of hydrazone groups is 1. The van der Waals surface area contributed by atoms with Gasteiger partial charge in [0.25, 0.3) is 0 Å². The third-order valence-electron chi connectivity index (χ3n) is 3.17. The first kappa shape index (κ1) is 15.9. The van der Waals surface area contributed by atoms with Crippen molar-refractivity contribution in [1.82, 2.24) is 10.7 Å². The van der Waals surface area contributed by atoms with Gasteiger partial charge in [0.1, 0.15) is 0 Å². The second-order valence-electron chi connectivity index (χ2n) is 4.68. The Balaban J connectivity index is 0.00000161. The third kappa shape index (κ3) is 4.48. The number of benzene rings is 1. The zero-order valence-corrected chi connectivity index (χ0v) is 14.0. The van der Waals surface area contributed by atoms with Crippen LogP contribution in [-0.4, -0.2) is 32.1 Å². The third-order valence-corrected chi connectivity index (χ3v) is 3.17. The van der Waals surface area contributed by atoms with Crippen molar-refractivity contribution in [3.63, 3.8) is 0 Å². The van der Waals surface area contributed by atoms with Gasteiger partial charge in [-0.3, -0.25) is 4.99 Å². The van der Waals surface area contributed by atoms with Crippen molar-refractivity contribution >= 4 is 36.2 Å². The van der Waals surface area contributed by atoms with Gasteiger partial charge in [-0.15, -0.1) is 24.0 Å². The Morgan fingerprint density at radius 3 is 3.14 bits per heavy atom. The molecule has 6 nitrogen and oxygen atoms in total. The van der Waals surface area contributed by atoms with Crippen molar-refractivity contribution in [3.8, 4) is 11.5 Å². The van der Waals surface area contributed by atoms with Crippen LogP contribution in [0.15, 0.2) is 28.3 Å². The quantitative estimate of drug-likeness (QED) is 0.461. The van der Waals surface area contributed by atoms with Gasteiger partial charge < -0.3 is 14.8 Å². The van der Waals surface area contributed by atoms with Crippen LogP contribution >= 0.6 is 24.0 Å². The van der Waals surface area contributed by atoms with Crippen LogP contribution in [0.2, 0.25) is 0 Å². The summed E-state index contributed by atoms with van der Waals surface area (Å²) in [7, 11) is 0. The molecule has 114 valence electrons. The van der Waals surface area contributed by atoms with E-state index in [1.54, 1.807) is 0 Å². The summed E-state index contributed by atoms with van der Waals surface area (Å²) in [6.45, 7) is 2.11. The number of fused-ring (bicyclic) bond motifs is 1. The summed E-state index contributed by atoms with van der Waals surface area (Å²) in [5, 5.41) is 7.39. The molecule has 0 saturated carbocycles. The van der Waals surface area contributed by atoms with E-state index in [1.165, 1.54) is 0 Å². The van der Waals surface area contributed by atoms with Crippen molar-refractivity contribution in [2.75, 3.05) is 19.9 Å². The number of hydrogen-bond acceptors (Lipinski definition) is 6. The van der Waals surface area contributed by atoms with E-state index >= 15 is 0 Å². The summed E-state index contributed by atoms with van der Waals surface area (Å²) in [6.07, 6.45) is 4.83. The highest BCUT2D eigenvalue weighted by atomic mass is 127. The summed E-state index contributed by atoms with van der Waals surface area (Å²) in [4.78, 5) is 4.36. The lowest BCUT2D eigenvalue weighted by Crippen LogP contribution is -2.33. The Morgan fingerprint density at radius 1 is 1.29 bits per heavy atom. The van der Waals surface area contributed by atoms with E-state index in [1.807, 2.05) is 24.4 Å². The van der Waals surface area contributed by atoms with Gasteiger partial charge in [-0.05, 0) is 30.5 Å². The fraction of sp³-hybridized carbons (Fsp3) is 0.429. The molecule has 21 heavy (non-hydrogen) atoms. The first-order chi connectivity index (χ1) is 9.92. The van der Waals surface area contributed by atoms with Crippen LogP contribution in [0, 0.1) is 0 Å². The lowest BCUT2D eigenvalue weighted by molar-refractivity contribution is 0.174. The minimum Gasteiger partial charge on any atom is -0.454 e. The minimum absolute atomic E-state index is 0. The molecule has 2 aliphatic heterocycles. The van der Waals surface area contributed by atoms with Crippen LogP contribution in [0.1, 0.15) is 18.4 Å². The number of guanidine groups is 1. The number of halogens is 1. The largest absolute Gasteiger partial charge is 0.454 e. The molecular weight excluding hydrogens is 383 g/mol. The van der Waals surface area contributed by atoms with E-state index < -0.39 is 0 Å². The van der Waals surface area contributed by atoms with Gasteiger partial charge in [0.15, 0.2) is 11.5 Å². The maximum atomic E-state index is 5.34. The standard InChI is InChI=1S/C14H18N4O2.HI/c1-2-7-16-14(15-6-1)18-17-8-5-11-3-4-12-13(9-11)20-10-19-12;/h3-4,8-9H,1-2,5-7,10H2,(H2,15,16,18);1H/b17-8+;.